The number of carboxylic acid groups (broad SMARTS) is 1. The van der Waals surface area contributed by atoms with Crippen molar-refractivity contribution < 1.29 is 9.90 Å². The minimum atomic E-state index is -0.778. The molecule has 2 nitrogen and oxygen atoms in total. The summed E-state index contributed by atoms with van der Waals surface area (Å²) >= 11 is 0. The predicted octanol–water partition coefficient (Wildman–Crippen LogP) is 2.96. The molecule has 0 atom stereocenters. The molecule has 0 aliphatic heterocycles. The van der Waals surface area contributed by atoms with Gasteiger partial charge >= 0.3 is 5.97 Å². The fourth-order valence-electron chi connectivity index (χ4n) is 1.35. The number of carboxylic acids is 1. The van der Waals surface area contributed by atoms with E-state index in [4.69, 9.17) is 5.11 Å². The van der Waals surface area contributed by atoms with Crippen LogP contribution in [-0.4, -0.2) is 11.1 Å². The zero-order chi connectivity index (χ0) is 11.1. The second kappa shape index (κ2) is 6.19. The third-order valence-corrected chi connectivity index (χ3v) is 1.64. The van der Waals surface area contributed by atoms with Crippen molar-refractivity contribution in [3.8, 4) is 0 Å². The largest absolute Gasteiger partial charge is 0.481 e. The summed E-state index contributed by atoms with van der Waals surface area (Å²) in [5, 5.41) is 8.55. The molecule has 0 heterocycles. The van der Waals surface area contributed by atoms with Gasteiger partial charge in [0.15, 0.2) is 0 Å². The molecule has 0 radical (unpaired) electrons. The number of carbonyl (C=O) groups is 1. The molecule has 0 aliphatic rings. The van der Waals surface area contributed by atoms with Gasteiger partial charge in [0.25, 0.3) is 0 Å². The van der Waals surface area contributed by atoms with E-state index in [-0.39, 0.29) is 6.42 Å². The van der Waals surface area contributed by atoms with Crippen LogP contribution >= 0.6 is 0 Å². The molecule has 0 saturated carbocycles. The van der Waals surface area contributed by atoms with E-state index < -0.39 is 5.97 Å². The Labute approximate surface area is 85.6 Å². The first-order valence-corrected chi connectivity index (χ1v) is 4.87. The molecule has 0 aliphatic carbocycles. The Morgan fingerprint density at radius 3 is 1.93 bits per heavy atom. The van der Waals surface area contributed by atoms with Crippen LogP contribution in [0.1, 0.15) is 30.5 Å². The van der Waals surface area contributed by atoms with E-state index in [9.17, 15) is 4.79 Å². The number of benzene rings is 1. The molecule has 0 aromatic heterocycles. The Kier molecular flexibility index (Phi) is 5.61. The van der Waals surface area contributed by atoms with Gasteiger partial charge < -0.3 is 5.11 Å². The van der Waals surface area contributed by atoms with Crippen molar-refractivity contribution in [3.63, 3.8) is 0 Å². The standard InChI is InChI=1S/C10H12O2.C2H6/c1-7-3-8(2)5-9(4-7)6-10(11)12;1-2/h3-5H,6H2,1-2H3,(H,11,12);1-2H3. The minimum absolute atomic E-state index is 0.114. The Morgan fingerprint density at radius 1 is 1.14 bits per heavy atom. The Balaban J connectivity index is 0.000000791. The number of aliphatic carboxylic acids is 1. The first-order valence-electron chi connectivity index (χ1n) is 4.87. The molecule has 1 N–H and O–H groups in total. The van der Waals surface area contributed by atoms with Gasteiger partial charge in [0.1, 0.15) is 0 Å². The van der Waals surface area contributed by atoms with Crippen molar-refractivity contribution in [1.82, 2.24) is 0 Å². The molecule has 1 rings (SSSR count). The monoisotopic (exact) mass is 194 g/mol. The second-order valence-electron chi connectivity index (χ2n) is 3.07. The molecule has 0 amide bonds. The fourth-order valence-corrected chi connectivity index (χ4v) is 1.35. The zero-order valence-corrected chi connectivity index (χ0v) is 9.29. The van der Waals surface area contributed by atoms with Gasteiger partial charge in [-0.15, -0.1) is 0 Å². The van der Waals surface area contributed by atoms with Crippen LogP contribution in [0.5, 0.6) is 0 Å². The highest BCUT2D eigenvalue weighted by Gasteiger charge is 2.00. The first-order chi connectivity index (χ1) is 6.58. The molecular formula is C12H18O2. The number of hydrogen-bond donors (Lipinski definition) is 1. The third kappa shape index (κ3) is 4.65. The van der Waals surface area contributed by atoms with Crippen LogP contribution < -0.4 is 0 Å². The van der Waals surface area contributed by atoms with Gasteiger partial charge in [0, 0.05) is 0 Å². The molecule has 0 fully saturated rings. The minimum Gasteiger partial charge on any atom is -0.481 e. The summed E-state index contributed by atoms with van der Waals surface area (Å²) in [6, 6.07) is 5.84. The summed E-state index contributed by atoms with van der Waals surface area (Å²) in [6.45, 7) is 7.94. The summed E-state index contributed by atoms with van der Waals surface area (Å²) in [4.78, 5) is 10.4. The van der Waals surface area contributed by atoms with E-state index in [1.165, 1.54) is 0 Å². The Hall–Kier alpha value is -1.31. The quantitative estimate of drug-likeness (QED) is 0.785. The van der Waals surface area contributed by atoms with Gasteiger partial charge in [0.2, 0.25) is 0 Å². The van der Waals surface area contributed by atoms with Crippen molar-refractivity contribution >= 4 is 5.97 Å². The molecule has 1 aromatic rings. The highest BCUT2D eigenvalue weighted by Crippen LogP contribution is 2.09. The average molecular weight is 194 g/mol. The zero-order valence-electron chi connectivity index (χ0n) is 9.29. The van der Waals surface area contributed by atoms with Crippen molar-refractivity contribution in [1.29, 1.82) is 0 Å². The summed E-state index contributed by atoms with van der Waals surface area (Å²) in [7, 11) is 0. The lowest BCUT2D eigenvalue weighted by atomic mass is 10.1. The molecular weight excluding hydrogens is 176 g/mol. The summed E-state index contributed by atoms with van der Waals surface area (Å²) in [6.07, 6.45) is 0.114. The summed E-state index contributed by atoms with van der Waals surface area (Å²) in [5.74, 6) is -0.778. The van der Waals surface area contributed by atoms with E-state index in [1.807, 2.05) is 45.9 Å². The lowest BCUT2D eigenvalue weighted by Crippen LogP contribution is -2.00. The van der Waals surface area contributed by atoms with Crippen molar-refractivity contribution in [3.05, 3.63) is 34.9 Å². The lowest BCUT2D eigenvalue weighted by Gasteiger charge is -2.01. The van der Waals surface area contributed by atoms with Gasteiger partial charge in [-0.2, -0.15) is 0 Å². The van der Waals surface area contributed by atoms with Crippen molar-refractivity contribution in [2.45, 2.75) is 34.1 Å². The Bertz CT molecular complexity index is 283. The maximum absolute atomic E-state index is 10.4. The van der Waals surface area contributed by atoms with Crippen LogP contribution in [0.25, 0.3) is 0 Å². The molecule has 0 bridgehead atoms. The van der Waals surface area contributed by atoms with E-state index in [1.54, 1.807) is 0 Å². The second-order valence-corrected chi connectivity index (χ2v) is 3.07. The Morgan fingerprint density at radius 2 is 1.57 bits per heavy atom. The SMILES string of the molecule is CC.Cc1cc(C)cc(CC(=O)O)c1. The van der Waals surface area contributed by atoms with Gasteiger partial charge in [-0.25, -0.2) is 0 Å². The smallest absolute Gasteiger partial charge is 0.307 e. The predicted molar refractivity (Wildman–Crippen MR) is 58.6 cm³/mol. The fraction of sp³-hybridized carbons (Fsp3) is 0.417. The van der Waals surface area contributed by atoms with Crippen LogP contribution in [0.2, 0.25) is 0 Å². The highest BCUT2D eigenvalue weighted by molar-refractivity contribution is 5.70. The normalized spacial score (nSPS) is 8.86. The third-order valence-electron chi connectivity index (χ3n) is 1.64. The number of rotatable bonds is 2. The molecule has 0 saturated heterocycles. The topological polar surface area (TPSA) is 37.3 Å². The van der Waals surface area contributed by atoms with Gasteiger partial charge in [0.05, 0.1) is 6.42 Å². The van der Waals surface area contributed by atoms with E-state index in [2.05, 4.69) is 0 Å². The lowest BCUT2D eigenvalue weighted by molar-refractivity contribution is -0.136. The van der Waals surface area contributed by atoms with E-state index >= 15 is 0 Å². The maximum atomic E-state index is 10.4. The van der Waals surface area contributed by atoms with Gasteiger partial charge in [-0.05, 0) is 19.4 Å². The van der Waals surface area contributed by atoms with Crippen molar-refractivity contribution in [2.24, 2.45) is 0 Å². The molecule has 0 unspecified atom stereocenters. The first kappa shape index (κ1) is 12.7. The average Bonchev–Trinajstić information content (AvgIpc) is 2.04. The summed E-state index contributed by atoms with van der Waals surface area (Å²) in [5.41, 5.74) is 3.11. The van der Waals surface area contributed by atoms with Crippen LogP contribution in [0.4, 0.5) is 0 Å². The number of hydrogen-bond acceptors (Lipinski definition) is 1. The van der Waals surface area contributed by atoms with E-state index in [0.717, 1.165) is 16.7 Å². The molecule has 78 valence electrons. The molecule has 2 heteroatoms. The van der Waals surface area contributed by atoms with Crippen LogP contribution in [-0.2, 0) is 11.2 Å². The highest BCUT2D eigenvalue weighted by atomic mass is 16.4. The van der Waals surface area contributed by atoms with Crippen LogP contribution in [0, 0.1) is 13.8 Å². The van der Waals surface area contributed by atoms with Crippen molar-refractivity contribution in [2.75, 3.05) is 0 Å². The molecule has 1 aromatic carbocycles. The summed E-state index contributed by atoms with van der Waals surface area (Å²) < 4.78 is 0. The number of aryl methyl sites for hydroxylation is 2. The molecule has 0 spiro atoms. The van der Waals surface area contributed by atoms with E-state index in [0.29, 0.717) is 0 Å². The van der Waals surface area contributed by atoms with Gasteiger partial charge in [-0.1, -0.05) is 43.2 Å². The molecule has 14 heavy (non-hydrogen) atoms. The van der Waals surface area contributed by atoms with Crippen LogP contribution in [0.15, 0.2) is 18.2 Å². The maximum Gasteiger partial charge on any atom is 0.307 e. The van der Waals surface area contributed by atoms with Gasteiger partial charge in [-0.3, -0.25) is 4.79 Å². The van der Waals surface area contributed by atoms with Crippen LogP contribution in [0.3, 0.4) is 0 Å².